The monoisotopic (exact) mass is 320 g/mol. The summed E-state index contributed by atoms with van der Waals surface area (Å²) in [7, 11) is 1.59. The lowest BCUT2D eigenvalue weighted by atomic mass is 9.89. The van der Waals surface area contributed by atoms with Gasteiger partial charge in [-0.05, 0) is 25.0 Å². The Balaban J connectivity index is 1.71. The molecule has 1 aliphatic rings. The van der Waals surface area contributed by atoms with Crippen LogP contribution in [0.25, 0.3) is 0 Å². The Hall–Kier alpha value is -1.68. The Bertz CT molecular complexity index is 620. The zero-order valence-corrected chi connectivity index (χ0v) is 13.4. The molecule has 0 atom stereocenters. The molecular weight excluding hydrogens is 302 g/mol. The van der Waals surface area contributed by atoms with Crippen LogP contribution in [0.15, 0.2) is 22.6 Å². The summed E-state index contributed by atoms with van der Waals surface area (Å²) in [6.45, 7) is 0.250. The predicted molar refractivity (Wildman–Crippen MR) is 83.5 cm³/mol. The number of benzene rings is 1. The van der Waals surface area contributed by atoms with E-state index in [1.54, 1.807) is 19.2 Å². The lowest BCUT2D eigenvalue weighted by Crippen LogP contribution is -2.04. The molecule has 0 amide bonds. The molecule has 1 heterocycles. The second-order valence-corrected chi connectivity index (χ2v) is 5.88. The second kappa shape index (κ2) is 7.05. The Labute approximate surface area is 135 Å². The van der Waals surface area contributed by atoms with E-state index in [9.17, 15) is 0 Å². The molecule has 2 aromatic rings. The van der Waals surface area contributed by atoms with Gasteiger partial charge in [-0.15, -0.1) is 0 Å². The van der Waals surface area contributed by atoms with Gasteiger partial charge in [0.1, 0.15) is 5.75 Å². The molecule has 1 aromatic heterocycles. The molecule has 1 saturated carbocycles. The van der Waals surface area contributed by atoms with Crippen LogP contribution in [0.5, 0.6) is 11.6 Å². The number of rotatable bonds is 5. The summed E-state index contributed by atoms with van der Waals surface area (Å²) < 4.78 is 16.9. The van der Waals surface area contributed by atoms with Crippen molar-refractivity contribution in [2.45, 2.75) is 44.6 Å². The third-order valence-corrected chi connectivity index (χ3v) is 4.14. The van der Waals surface area contributed by atoms with Gasteiger partial charge in [0, 0.05) is 12.0 Å². The summed E-state index contributed by atoms with van der Waals surface area (Å²) in [6, 6.07) is 8.30. The first-order valence-electron chi connectivity index (χ1n) is 7.60. The molecule has 0 N–H and O–H groups in total. The van der Waals surface area contributed by atoms with Gasteiger partial charge in [0.2, 0.25) is 11.7 Å². The van der Waals surface area contributed by atoms with E-state index in [4.69, 9.17) is 25.5 Å². The number of nitrogens with zero attached hydrogens (tertiary/aromatic N) is 1. The van der Waals surface area contributed by atoms with Crippen LogP contribution in [0.2, 0.25) is 5.02 Å². The van der Waals surface area contributed by atoms with E-state index in [-0.39, 0.29) is 6.61 Å². The average Bonchev–Trinajstić information content (AvgIpc) is 2.97. The van der Waals surface area contributed by atoms with Crippen molar-refractivity contribution in [2.24, 2.45) is 0 Å². The largest absolute Gasteiger partial charge is 0.485 e. The maximum Gasteiger partial charge on any atom is 0.259 e. The van der Waals surface area contributed by atoms with Crippen LogP contribution in [-0.4, -0.2) is 12.1 Å². The molecule has 0 spiro atoms. The van der Waals surface area contributed by atoms with Gasteiger partial charge in [0.05, 0.1) is 12.1 Å². The van der Waals surface area contributed by atoms with Crippen molar-refractivity contribution >= 4 is 11.6 Å². The van der Waals surface area contributed by atoms with E-state index < -0.39 is 0 Å². The van der Waals surface area contributed by atoms with E-state index in [0.717, 1.165) is 18.7 Å². The molecule has 3 rings (SSSR count). The normalized spacial score (nSPS) is 15.7. The first-order chi connectivity index (χ1) is 10.8. The molecule has 117 valence electrons. The van der Waals surface area contributed by atoms with Crippen molar-refractivity contribution in [1.82, 2.24) is 4.98 Å². The number of hydrogen-bond donors (Lipinski definition) is 0. The van der Waals surface area contributed by atoms with Gasteiger partial charge < -0.3 is 13.9 Å². The van der Waals surface area contributed by atoms with Crippen molar-refractivity contribution < 1.29 is 13.9 Å². The van der Waals surface area contributed by atoms with Gasteiger partial charge in [-0.2, -0.15) is 4.98 Å². The maximum absolute atomic E-state index is 5.89. The molecule has 1 fully saturated rings. The van der Waals surface area contributed by atoms with E-state index in [1.807, 2.05) is 6.07 Å². The highest BCUT2D eigenvalue weighted by molar-refractivity contribution is 6.30. The minimum atomic E-state index is 0.250. The smallest absolute Gasteiger partial charge is 0.259 e. The highest BCUT2D eigenvalue weighted by atomic mass is 35.5. The van der Waals surface area contributed by atoms with Crippen LogP contribution >= 0.6 is 11.6 Å². The summed E-state index contributed by atoms with van der Waals surface area (Å²) in [5.74, 6) is 2.85. The van der Waals surface area contributed by atoms with Crippen LogP contribution in [0, 0.1) is 6.07 Å². The molecular formula is C17H19ClNO3. The molecule has 0 bridgehead atoms. The van der Waals surface area contributed by atoms with Crippen molar-refractivity contribution in [3.8, 4) is 11.6 Å². The molecule has 0 saturated heterocycles. The first-order valence-corrected chi connectivity index (χ1v) is 7.98. The molecule has 5 heteroatoms. The fraction of sp³-hybridized carbons (Fsp3) is 0.471. The SMILES string of the molecule is COc1nc(C2CCCCC2)oc1COc1[c]c(Cl)ccc1. The van der Waals surface area contributed by atoms with E-state index in [1.165, 1.54) is 19.3 Å². The molecule has 1 aromatic carbocycles. The number of oxazole rings is 1. The summed E-state index contributed by atoms with van der Waals surface area (Å²) >= 11 is 5.89. The maximum atomic E-state index is 5.89. The van der Waals surface area contributed by atoms with Gasteiger partial charge in [0.25, 0.3) is 5.88 Å². The van der Waals surface area contributed by atoms with Gasteiger partial charge in [-0.3, -0.25) is 0 Å². The van der Waals surface area contributed by atoms with Gasteiger partial charge in [-0.1, -0.05) is 36.9 Å². The summed E-state index contributed by atoms with van der Waals surface area (Å²) in [6.07, 6.45) is 6.03. The third kappa shape index (κ3) is 3.55. The van der Waals surface area contributed by atoms with Crippen molar-refractivity contribution in [2.75, 3.05) is 7.11 Å². The number of hydrogen-bond acceptors (Lipinski definition) is 4. The topological polar surface area (TPSA) is 44.5 Å². The summed E-state index contributed by atoms with van der Waals surface area (Å²) in [4.78, 5) is 4.48. The van der Waals surface area contributed by atoms with Crippen LogP contribution < -0.4 is 9.47 Å². The van der Waals surface area contributed by atoms with E-state index in [0.29, 0.717) is 28.3 Å². The Morgan fingerprint density at radius 2 is 2.14 bits per heavy atom. The minimum absolute atomic E-state index is 0.250. The Kier molecular flexibility index (Phi) is 4.88. The average molecular weight is 321 g/mol. The standard InChI is InChI=1S/C17H19ClNO3/c1-20-17-15(11-21-14-9-5-8-13(18)10-14)22-16(19-17)12-6-3-2-4-7-12/h5,8-9,12H,2-4,6-7,11H2,1H3. The summed E-state index contributed by atoms with van der Waals surface area (Å²) in [5, 5.41) is 0.518. The van der Waals surface area contributed by atoms with Gasteiger partial charge in [-0.25, -0.2) is 0 Å². The Morgan fingerprint density at radius 3 is 2.86 bits per heavy atom. The number of halogens is 1. The number of aromatic nitrogens is 1. The zero-order chi connectivity index (χ0) is 15.4. The van der Waals surface area contributed by atoms with Crippen LogP contribution in [0.1, 0.15) is 49.7 Å². The summed E-state index contributed by atoms with van der Waals surface area (Å²) in [5.41, 5.74) is 0. The Morgan fingerprint density at radius 1 is 1.32 bits per heavy atom. The minimum Gasteiger partial charge on any atom is -0.485 e. The molecule has 0 aliphatic heterocycles. The molecule has 22 heavy (non-hydrogen) atoms. The van der Waals surface area contributed by atoms with Crippen LogP contribution in [-0.2, 0) is 6.61 Å². The van der Waals surface area contributed by atoms with Gasteiger partial charge >= 0.3 is 0 Å². The molecule has 0 unspecified atom stereocenters. The highest BCUT2D eigenvalue weighted by Crippen LogP contribution is 2.35. The predicted octanol–water partition coefficient (Wildman–Crippen LogP) is 4.76. The fourth-order valence-corrected chi connectivity index (χ4v) is 2.94. The molecule has 1 aliphatic carbocycles. The number of ether oxygens (including phenoxy) is 2. The highest BCUT2D eigenvalue weighted by Gasteiger charge is 2.23. The lowest BCUT2D eigenvalue weighted by Gasteiger charge is -2.17. The first kappa shape index (κ1) is 15.2. The van der Waals surface area contributed by atoms with Crippen LogP contribution in [0.4, 0.5) is 0 Å². The van der Waals surface area contributed by atoms with Crippen LogP contribution in [0.3, 0.4) is 0 Å². The quantitative estimate of drug-likeness (QED) is 0.796. The van der Waals surface area contributed by atoms with Gasteiger partial charge in [0.15, 0.2) is 6.61 Å². The zero-order valence-electron chi connectivity index (χ0n) is 12.6. The molecule has 4 nitrogen and oxygen atoms in total. The van der Waals surface area contributed by atoms with E-state index >= 15 is 0 Å². The van der Waals surface area contributed by atoms with Crippen molar-refractivity contribution in [3.05, 3.63) is 40.9 Å². The fourth-order valence-electron chi connectivity index (χ4n) is 2.78. The van der Waals surface area contributed by atoms with Crippen molar-refractivity contribution in [1.29, 1.82) is 0 Å². The third-order valence-electron chi connectivity index (χ3n) is 3.92. The second-order valence-electron chi connectivity index (χ2n) is 5.47. The van der Waals surface area contributed by atoms with E-state index in [2.05, 4.69) is 11.1 Å². The van der Waals surface area contributed by atoms with Crippen molar-refractivity contribution in [3.63, 3.8) is 0 Å². The number of methoxy groups -OCH3 is 1. The molecule has 1 radical (unpaired) electrons. The lowest BCUT2D eigenvalue weighted by molar-refractivity contribution is 0.249.